The summed E-state index contributed by atoms with van der Waals surface area (Å²) >= 11 is 5.95. The molecular weight excluding hydrogens is 242 g/mol. The van der Waals surface area contributed by atoms with E-state index in [9.17, 15) is 0 Å². The van der Waals surface area contributed by atoms with Gasteiger partial charge in [-0.25, -0.2) is 4.98 Å². The summed E-state index contributed by atoms with van der Waals surface area (Å²) in [6.07, 6.45) is 4.81. The zero-order chi connectivity index (χ0) is 12.3. The summed E-state index contributed by atoms with van der Waals surface area (Å²) in [5, 5.41) is 7.33. The summed E-state index contributed by atoms with van der Waals surface area (Å²) in [5.74, 6) is 1.37. The Morgan fingerprint density at radius 1 is 1.47 bits per heavy atom. The summed E-state index contributed by atoms with van der Waals surface area (Å²) in [5.41, 5.74) is 0. The first-order chi connectivity index (χ1) is 8.19. The quantitative estimate of drug-likeness (QED) is 0.904. The van der Waals surface area contributed by atoms with E-state index in [4.69, 9.17) is 16.3 Å². The second-order valence-electron chi connectivity index (χ2n) is 3.33. The number of nitrogens with one attached hydrogen (secondary N) is 1. The van der Waals surface area contributed by atoms with E-state index in [1.807, 2.05) is 6.92 Å². The maximum absolute atomic E-state index is 5.95. The Bertz CT molecular complexity index is 513. The third kappa shape index (κ3) is 2.85. The average Bonchev–Trinajstić information content (AvgIpc) is 2.69. The van der Waals surface area contributed by atoms with Crippen LogP contribution in [-0.4, -0.2) is 26.3 Å². The monoisotopic (exact) mass is 253 g/mol. The lowest BCUT2D eigenvalue weighted by molar-refractivity contribution is 0.462. The molecule has 0 unspecified atom stereocenters. The number of anilines is 1. The number of hydrogen-bond donors (Lipinski definition) is 1. The molecule has 2 aromatic rings. The lowest BCUT2D eigenvalue weighted by atomic mass is 10.6. The SMILES string of the molecule is CCNc1ncc(Cl)c(Oc2cnn(C)c2)n1. The standard InChI is InChI=1S/C10H12ClN5O/c1-3-12-10-13-5-8(11)9(15-10)17-7-4-14-16(2)6-7/h4-6H,3H2,1-2H3,(H,12,13,15). The molecule has 2 heterocycles. The van der Waals surface area contributed by atoms with Crippen molar-refractivity contribution < 1.29 is 4.74 Å². The van der Waals surface area contributed by atoms with Gasteiger partial charge in [-0.2, -0.15) is 10.1 Å². The Morgan fingerprint density at radius 2 is 2.29 bits per heavy atom. The van der Waals surface area contributed by atoms with Crippen molar-refractivity contribution in [2.75, 3.05) is 11.9 Å². The van der Waals surface area contributed by atoms with E-state index in [1.54, 1.807) is 24.1 Å². The van der Waals surface area contributed by atoms with Crippen molar-refractivity contribution >= 4 is 17.5 Å². The number of ether oxygens (including phenoxy) is 1. The minimum Gasteiger partial charge on any atom is -0.434 e. The van der Waals surface area contributed by atoms with Crippen LogP contribution in [0.5, 0.6) is 11.6 Å². The second-order valence-corrected chi connectivity index (χ2v) is 3.74. The van der Waals surface area contributed by atoms with Crippen LogP contribution in [-0.2, 0) is 7.05 Å². The number of halogens is 1. The van der Waals surface area contributed by atoms with E-state index < -0.39 is 0 Å². The maximum Gasteiger partial charge on any atom is 0.243 e. The fourth-order valence-corrected chi connectivity index (χ4v) is 1.36. The van der Waals surface area contributed by atoms with Crippen molar-refractivity contribution in [3.63, 3.8) is 0 Å². The summed E-state index contributed by atoms with van der Waals surface area (Å²) in [4.78, 5) is 8.17. The zero-order valence-corrected chi connectivity index (χ0v) is 10.3. The minimum absolute atomic E-state index is 0.311. The van der Waals surface area contributed by atoms with E-state index in [0.29, 0.717) is 22.6 Å². The van der Waals surface area contributed by atoms with Crippen molar-refractivity contribution in [3.8, 4) is 11.6 Å². The maximum atomic E-state index is 5.95. The third-order valence-electron chi connectivity index (χ3n) is 1.94. The first kappa shape index (κ1) is 11.7. The summed E-state index contributed by atoms with van der Waals surface area (Å²) in [6, 6.07) is 0. The molecule has 0 spiro atoms. The van der Waals surface area contributed by atoms with Gasteiger partial charge in [0, 0.05) is 13.6 Å². The lowest BCUT2D eigenvalue weighted by Gasteiger charge is -2.06. The molecule has 0 saturated heterocycles. The van der Waals surface area contributed by atoms with Crippen LogP contribution < -0.4 is 10.1 Å². The van der Waals surface area contributed by atoms with Crippen LogP contribution in [0, 0.1) is 0 Å². The van der Waals surface area contributed by atoms with Crippen LogP contribution in [0.1, 0.15) is 6.92 Å². The molecule has 6 nitrogen and oxygen atoms in total. The summed E-state index contributed by atoms with van der Waals surface area (Å²) < 4.78 is 7.15. The Labute approximate surface area is 104 Å². The second kappa shape index (κ2) is 5.01. The molecule has 7 heteroatoms. The first-order valence-electron chi connectivity index (χ1n) is 5.12. The number of hydrogen-bond acceptors (Lipinski definition) is 5. The molecule has 0 radical (unpaired) electrons. The Morgan fingerprint density at radius 3 is 2.94 bits per heavy atom. The molecule has 2 rings (SSSR count). The highest BCUT2D eigenvalue weighted by atomic mass is 35.5. The molecule has 2 aromatic heterocycles. The highest BCUT2D eigenvalue weighted by Crippen LogP contribution is 2.26. The number of nitrogens with zero attached hydrogens (tertiary/aromatic N) is 4. The average molecular weight is 254 g/mol. The van der Waals surface area contributed by atoms with Gasteiger partial charge in [0.2, 0.25) is 11.8 Å². The molecule has 0 aliphatic carbocycles. The van der Waals surface area contributed by atoms with E-state index >= 15 is 0 Å². The molecule has 90 valence electrons. The highest BCUT2D eigenvalue weighted by molar-refractivity contribution is 6.31. The van der Waals surface area contributed by atoms with Crippen LogP contribution >= 0.6 is 11.6 Å². The largest absolute Gasteiger partial charge is 0.434 e. The van der Waals surface area contributed by atoms with Gasteiger partial charge in [-0.3, -0.25) is 4.68 Å². The van der Waals surface area contributed by atoms with Gasteiger partial charge in [-0.15, -0.1) is 0 Å². The predicted octanol–water partition coefficient (Wildman–Crippen LogP) is 2.09. The van der Waals surface area contributed by atoms with Crippen molar-refractivity contribution in [2.45, 2.75) is 6.92 Å². The van der Waals surface area contributed by atoms with Crippen molar-refractivity contribution in [1.82, 2.24) is 19.7 Å². The number of aromatic nitrogens is 4. The minimum atomic E-state index is 0.311. The fraction of sp³-hybridized carbons (Fsp3) is 0.300. The first-order valence-corrected chi connectivity index (χ1v) is 5.49. The highest BCUT2D eigenvalue weighted by Gasteiger charge is 2.08. The van der Waals surface area contributed by atoms with Gasteiger partial charge in [0.05, 0.1) is 18.6 Å². The third-order valence-corrected chi connectivity index (χ3v) is 2.20. The molecule has 0 atom stereocenters. The molecule has 0 aromatic carbocycles. The van der Waals surface area contributed by atoms with Crippen molar-refractivity contribution in [3.05, 3.63) is 23.6 Å². The zero-order valence-electron chi connectivity index (χ0n) is 9.51. The van der Waals surface area contributed by atoms with Crippen molar-refractivity contribution in [2.24, 2.45) is 7.05 Å². The Hall–Kier alpha value is -1.82. The Balaban J connectivity index is 2.22. The van der Waals surface area contributed by atoms with Crippen LogP contribution in [0.25, 0.3) is 0 Å². The molecule has 0 aliphatic rings. The van der Waals surface area contributed by atoms with Gasteiger partial charge < -0.3 is 10.1 Å². The topological polar surface area (TPSA) is 64.9 Å². The van der Waals surface area contributed by atoms with E-state index in [-0.39, 0.29) is 0 Å². The van der Waals surface area contributed by atoms with Gasteiger partial charge in [0.15, 0.2) is 5.75 Å². The molecule has 0 amide bonds. The van der Waals surface area contributed by atoms with E-state index in [0.717, 1.165) is 6.54 Å². The van der Waals surface area contributed by atoms with Gasteiger partial charge in [-0.1, -0.05) is 11.6 Å². The van der Waals surface area contributed by atoms with Crippen molar-refractivity contribution in [1.29, 1.82) is 0 Å². The van der Waals surface area contributed by atoms with Crippen LogP contribution in [0.4, 0.5) is 5.95 Å². The molecule has 0 saturated carbocycles. The number of rotatable bonds is 4. The molecule has 0 fully saturated rings. The molecule has 0 bridgehead atoms. The van der Waals surface area contributed by atoms with Crippen LogP contribution in [0.3, 0.4) is 0 Å². The fourth-order valence-electron chi connectivity index (χ4n) is 1.23. The van der Waals surface area contributed by atoms with Gasteiger partial charge in [0.1, 0.15) is 5.02 Å². The van der Waals surface area contributed by atoms with Gasteiger partial charge in [0.25, 0.3) is 0 Å². The number of aryl methyl sites for hydroxylation is 1. The molecule has 1 N–H and O–H groups in total. The molecular formula is C10H12ClN5O. The molecule has 0 aliphatic heterocycles. The van der Waals surface area contributed by atoms with Crippen LogP contribution in [0.15, 0.2) is 18.6 Å². The van der Waals surface area contributed by atoms with Gasteiger partial charge in [-0.05, 0) is 6.92 Å². The van der Waals surface area contributed by atoms with E-state index in [1.165, 1.54) is 6.20 Å². The van der Waals surface area contributed by atoms with Crippen LogP contribution in [0.2, 0.25) is 5.02 Å². The molecule has 17 heavy (non-hydrogen) atoms. The predicted molar refractivity (Wildman–Crippen MR) is 64.5 cm³/mol. The van der Waals surface area contributed by atoms with E-state index in [2.05, 4.69) is 20.4 Å². The normalized spacial score (nSPS) is 10.3. The Kier molecular flexibility index (Phi) is 3.43. The van der Waals surface area contributed by atoms with Gasteiger partial charge >= 0.3 is 0 Å². The summed E-state index contributed by atoms with van der Waals surface area (Å²) in [7, 11) is 1.80. The lowest BCUT2D eigenvalue weighted by Crippen LogP contribution is -2.02. The smallest absolute Gasteiger partial charge is 0.243 e. The summed E-state index contributed by atoms with van der Waals surface area (Å²) in [6.45, 7) is 2.69.